The average molecular weight is 517 g/mol. The molecule has 1 aliphatic rings. The van der Waals surface area contributed by atoms with E-state index in [-0.39, 0.29) is 16.7 Å². The smallest absolute Gasteiger partial charge is 0.241 e. The molecule has 1 fully saturated rings. The van der Waals surface area contributed by atoms with E-state index in [9.17, 15) is 13.2 Å². The fourth-order valence-corrected chi connectivity index (χ4v) is 4.62. The van der Waals surface area contributed by atoms with Crippen LogP contribution < -0.4 is 4.72 Å². The molecular formula is C24H40N2O8S. The summed E-state index contributed by atoms with van der Waals surface area (Å²) in [6.07, 6.45) is 0. The van der Waals surface area contributed by atoms with Crippen molar-refractivity contribution in [1.82, 2.24) is 9.62 Å². The molecule has 1 atom stereocenters. The van der Waals surface area contributed by atoms with Crippen molar-refractivity contribution >= 4 is 15.9 Å². The van der Waals surface area contributed by atoms with Gasteiger partial charge in [0.15, 0.2) is 0 Å². The van der Waals surface area contributed by atoms with Crippen molar-refractivity contribution < 1.29 is 36.9 Å². The molecular weight excluding hydrogens is 476 g/mol. The third-order valence-corrected chi connectivity index (χ3v) is 6.81. The summed E-state index contributed by atoms with van der Waals surface area (Å²) < 4.78 is 56.1. The minimum absolute atomic E-state index is 0.123. The maximum atomic E-state index is 13.5. The lowest BCUT2D eigenvalue weighted by Crippen LogP contribution is -2.52. The highest BCUT2D eigenvalue weighted by Gasteiger charge is 2.31. The van der Waals surface area contributed by atoms with Gasteiger partial charge in [0.25, 0.3) is 0 Å². The van der Waals surface area contributed by atoms with Gasteiger partial charge in [-0.15, -0.1) is 0 Å². The zero-order valence-electron chi connectivity index (χ0n) is 21.1. The molecule has 0 unspecified atom stereocenters. The van der Waals surface area contributed by atoms with Gasteiger partial charge >= 0.3 is 0 Å². The zero-order valence-corrected chi connectivity index (χ0v) is 21.9. The first-order valence-electron chi connectivity index (χ1n) is 12.1. The maximum Gasteiger partial charge on any atom is 0.241 e. The number of sulfonamides is 1. The monoisotopic (exact) mass is 516 g/mol. The molecule has 35 heavy (non-hydrogen) atoms. The number of carbonyl (C=O) groups is 1. The van der Waals surface area contributed by atoms with E-state index in [0.717, 1.165) is 5.56 Å². The highest BCUT2D eigenvalue weighted by molar-refractivity contribution is 7.89. The summed E-state index contributed by atoms with van der Waals surface area (Å²) in [5.74, 6) is -0.580. The molecule has 200 valence electrons. The van der Waals surface area contributed by atoms with Crippen molar-refractivity contribution in [3.05, 3.63) is 29.8 Å². The SMILES string of the molecule is Cc1ccc(S(=O)(=O)N[C@@H](C(=O)N2CCOCCOCCOCCOCCOCC2)C(C)C)cc1. The third kappa shape index (κ3) is 11.3. The van der Waals surface area contributed by atoms with Crippen LogP contribution in [0.4, 0.5) is 0 Å². The van der Waals surface area contributed by atoms with Gasteiger partial charge in [-0.05, 0) is 25.0 Å². The van der Waals surface area contributed by atoms with Gasteiger partial charge < -0.3 is 28.6 Å². The first-order chi connectivity index (χ1) is 16.8. The molecule has 1 heterocycles. The van der Waals surface area contributed by atoms with Crippen molar-refractivity contribution in [1.29, 1.82) is 0 Å². The van der Waals surface area contributed by atoms with Crippen LogP contribution in [-0.4, -0.2) is 104 Å². The first-order valence-corrected chi connectivity index (χ1v) is 13.6. The molecule has 0 bridgehead atoms. The molecule has 1 N–H and O–H groups in total. The van der Waals surface area contributed by atoms with Gasteiger partial charge in [-0.3, -0.25) is 4.79 Å². The number of carbonyl (C=O) groups excluding carboxylic acids is 1. The maximum absolute atomic E-state index is 13.5. The fourth-order valence-electron chi connectivity index (χ4n) is 3.28. The minimum atomic E-state index is -3.87. The second-order valence-corrected chi connectivity index (χ2v) is 10.3. The van der Waals surface area contributed by atoms with Crippen molar-refractivity contribution in [2.45, 2.75) is 31.7 Å². The van der Waals surface area contributed by atoms with E-state index in [1.807, 2.05) is 20.8 Å². The van der Waals surface area contributed by atoms with E-state index < -0.39 is 16.1 Å². The second-order valence-electron chi connectivity index (χ2n) is 8.54. The van der Waals surface area contributed by atoms with E-state index in [2.05, 4.69) is 4.72 Å². The minimum Gasteiger partial charge on any atom is -0.377 e. The Hall–Kier alpha value is -1.60. The highest BCUT2D eigenvalue weighted by Crippen LogP contribution is 2.14. The van der Waals surface area contributed by atoms with Crippen LogP contribution in [0, 0.1) is 12.8 Å². The molecule has 0 saturated carbocycles. The van der Waals surface area contributed by atoms with E-state index in [0.29, 0.717) is 79.2 Å². The number of nitrogens with zero attached hydrogens (tertiary/aromatic N) is 1. The van der Waals surface area contributed by atoms with E-state index in [1.54, 1.807) is 17.0 Å². The fraction of sp³-hybridized carbons (Fsp3) is 0.708. The Morgan fingerprint density at radius 1 is 0.771 bits per heavy atom. The summed E-state index contributed by atoms with van der Waals surface area (Å²) in [6.45, 7) is 10.2. The number of aryl methyl sites for hydroxylation is 1. The van der Waals surface area contributed by atoms with Gasteiger partial charge in [0.2, 0.25) is 15.9 Å². The first kappa shape index (κ1) is 29.6. The van der Waals surface area contributed by atoms with Crippen molar-refractivity contribution in [2.75, 3.05) is 79.2 Å². The largest absolute Gasteiger partial charge is 0.377 e. The zero-order chi connectivity index (χ0) is 25.5. The summed E-state index contributed by atoms with van der Waals surface area (Å²) in [6, 6.07) is 5.60. The van der Waals surface area contributed by atoms with Gasteiger partial charge in [-0.2, -0.15) is 4.72 Å². The Balaban J connectivity index is 2.03. The normalized spacial score (nSPS) is 19.6. The average Bonchev–Trinajstić information content (AvgIpc) is 2.82. The Labute approximate surface area is 209 Å². The lowest BCUT2D eigenvalue weighted by atomic mass is 10.0. The Morgan fingerprint density at radius 2 is 1.17 bits per heavy atom. The van der Waals surface area contributed by atoms with Crippen LogP contribution in [0.2, 0.25) is 0 Å². The van der Waals surface area contributed by atoms with Crippen LogP contribution in [-0.2, 0) is 38.5 Å². The molecule has 1 aromatic rings. The quantitative estimate of drug-likeness (QED) is 0.622. The summed E-state index contributed by atoms with van der Waals surface area (Å²) in [7, 11) is -3.87. The summed E-state index contributed by atoms with van der Waals surface area (Å²) in [4.78, 5) is 15.2. The van der Waals surface area contributed by atoms with Gasteiger partial charge in [0, 0.05) is 13.1 Å². The Kier molecular flexibility index (Phi) is 13.7. The van der Waals surface area contributed by atoms with Crippen molar-refractivity contribution in [3.8, 4) is 0 Å². The van der Waals surface area contributed by atoms with Crippen LogP contribution in [0.3, 0.4) is 0 Å². The lowest BCUT2D eigenvalue weighted by molar-refractivity contribution is -0.135. The molecule has 0 spiro atoms. The van der Waals surface area contributed by atoms with Gasteiger partial charge in [0.05, 0.1) is 71.0 Å². The van der Waals surface area contributed by atoms with Crippen molar-refractivity contribution in [2.24, 2.45) is 5.92 Å². The van der Waals surface area contributed by atoms with E-state index in [1.165, 1.54) is 12.1 Å². The van der Waals surface area contributed by atoms with Crippen LogP contribution in [0.25, 0.3) is 0 Å². The summed E-state index contributed by atoms with van der Waals surface area (Å²) >= 11 is 0. The standard InChI is InChI=1S/C24H40N2O8S/c1-20(2)23(25-35(28,29)22-6-4-21(3)5-7-22)24(27)26-8-10-30-12-14-32-16-18-34-19-17-33-15-13-31-11-9-26/h4-7,20,23,25H,8-19H2,1-3H3/t23-/m1/s1. The number of rotatable bonds is 5. The molecule has 1 amide bonds. The summed E-state index contributed by atoms with van der Waals surface area (Å²) in [5, 5.41) is 0. The van der Waals surface area contributed by atoms with Gasteiger partial charge in [-0.1, -0.05) is 31.5 Å². The molecule has 10 nitrogen and oxygen atoms in total. The van der Waals surface area contributed by atoms with Crippen LogP contribution >= 0.6 is 0 Å². The number of ether oxygens (including phenoxy) is 5. The number of hydrogen-bond acceptors (Lipinski definition) is 8. The topological polar surface area (TPSA) is 113 Å². The third-order valence-electron chi connectivity index (χ3n) is 5.36. The van der Waals surface area contributed by atoms with Crippen LogP contribution in [0.5, 0.6) is 0 Å². The number of nitrogens with one attached hydrogen (secondary N) is 1. The summed E-state index contributed by atoms with van der Waals surface area (Å²) in [5.41, 5.74) is 0.952. The number of benzene rings is 1. The van der Waals surface area contributed by atoms with E-state index in [4.69, 9.17) is 23.7 Å². The molecule has 1 aliphatic heterocycles. The molecule has 1 saturated heterocycles. The van der Waals surface area contributed by atoms with Crippen molar-refractivity contribution in [3.63, 3.8) is 0 Å². The Morgan fingerprint density at radius 3 is 1.57 bits per heavy atom. The highest BCUT2D eigenvalue weighted by atomic mass is 32.2. The number of amides is 1. The predicted octanol–water partition coefficient (Wildman–Crippen LogP) is 1.22. The van der Waals surface area contributed by atoms with E-state index >= 15 is 0 Å². The molecule has 11 heteroatoms. The van der Waals surface area contributed by atoms with Crippen LogP contribution in [0.15, 0.2) is 29.2 Å². The molecule has 2 rings (SSSR count). The van der Waals surface area contributed by atoms with Crippen LogP contribution in [0.1, 0.15) is 19.4 Å². The predicted molar refractivity (Wildman–Crippen MR) is 131 cm³/mol. The van der Waals surface area contributed by atoms with Gasteiger partial charge in [0.1, 0.15) is 6.04 Å². The molecule has 1 aromatic carbocycles. The lowest BCUT2D eigenvalue weighted by Gasteiger charge is -2.29. The van der Waals surface area contributed by atoms with Gasteiger partial charge in [-0.25, -0.2) is 8.42 Å². The second kappa shape index (κ2) is 16.2. The molecule has 0 aliphatic carbocycles. The number of hydrogen-bond donors (Lipinski definition) is 1. The molecule has 0 aromatic heterocycles. The Bertz CT molecular complexity index is 814. The molecule has 0 radical (unpaired) electrons.